The monoisotopic (exact) mass is 542 g/mol. The van der Waals surface area contributed by atoms with Gasteiger partial charge in [0.05, 0.1) is 13.2 Å². The van der Waals surface area contributed by atoms with Crippen LogP contribution in [0, 0.1) is 18.3 Å². The lowest BCUT2D eigenvalue weighted by Gasteiger charge is -2.38. The molecule has 0 bridgehead atoms. The van der Waals surface area contributed by atoms with E-state index in [1.165, 1.54) is 16.6 Å². The van der Waals surface area contributed by atoms with Gasteiger partial charge in [-0.1, -0.05) is 32.0 Å². The molecule has 0 spiro atoms. The Bertz CT molecular complexity index is 1410. The van der Waals surface area contributed by atoms with Crippen molar-refractivity contribution >= 4 is 34.1 Å². The molecule has 0 radical (unpaired) electrons. The van der Waals surface area contributed by atoms with E-state index in [1.807, 2.05) is 43.0 Å². The Hall–Kier alpha value is -3.32. The van der Waals surface area contributed by atoms with E-state index in [9.17, 15) is 9.59 Å². The average Bonchev–Trinajstić information content (AvgIpc) is 3.81. The summed E-state index contributed by atoms with van der Waals surface area (Å²) in [6, 6.07) is 16.5. The molecule has 2 atom stereocenters. The zero-order valence-corrected chi connectivity index (χ0v) is 24.4. The van der Waals surface area contributed by atoms with Crippen LogP contribution in [0.25, 0.3) is 10.9 Å². The quantitative estimate of drug-likeness (QED) is 0.374. The van der Waals surface area contributed by atoms with Crippen LogP contribution in [0.4, 0.5) is 11.4 Å². The number of hydrogen-bond acceptors (Lipinski definition) is 4. The number of aryl methyl sites for hydroxylation is 1. The van der Waals surface area contributed by atoms with Gasteiger partial charge in [-0.2, -0.15) is 0 Å². The second-order valence-corrected chi connectivity index (χ2v) is 13.0. The summed E-state index contributed by atoms with van der Waals surface area (Å²) in [5, 5.41) is 4.35. The molecule has 2 N–H and O–H groups in total. The Kier molecular flexibility index (Phi) is 6.68. The minimum Gasteiger partial charge on any atom is -0.378 e. The first-order valence-electron chi connectivity index (χ1n) is 14.7. The van der Waals surface area contributed by atoms with Gasteiger partial charge in [0, 0.05) is 53.5 Å². The lowest BCUT2D eigenvalue weighted by molar-refractivity contribution is -0.144. The van der Waals surface area contributed by atoms with Crippen LogP contribution >= 0.6 is 0 Å². The van der Waals surface area contributed by atoms with Crippen molar-refractivity contribution in [2.75, 3.05) is 36.5 Å². The molecule has 212 valence electrons. The van der Waals surface area contributed by atoms with Gasteiger partial charge in [0.25, 0.3) is 0 Å². The van der Waals surface area contributed by atoms with E-state index in [2.05, 4.69) is 60.2 Å². The molecule has 3 aliphatic rings. The molecule has 2 aromatic carbocycles. The van der Waals surface area contributed by atoms with Crippen molar-refractivity contribution in [1.29, 1.82) is 0 Å². The summed E-state index contributed by atoms with van der Waals surface area (Å²) in [5.74, 6) is 0.496. The lowest BCUT2D eigenvalue weighted by atomic mass is 9.98. The van der Waals surface area contributed by atoms with Gasteiger partial charge >= 0.3 is 0 Å². The van der Waals surface area contributed by atoms with Crippen molar-refractivity contribution in [3.63, 3.8) is 0 Å². The van der Waals surface area contributed by atoms with Gasteiger partial charge in [0.1, 0.15) is 5.54 Å². The zero-order chi connectivity index (χ0) is 28.2. The van der Waals surface area contributed by atoms with Gasteiger partial charge in [0.2, 0.25) is 11.8 Å². The Morgan fingerprint density at radius 3 is 2.42 bits per heavy atom. The van der Waals surface area contributed by atoms with Crippen LogP contribution < -0.4 is 10.2 Å². The van der Waals surface area contributed by atoms with Crippen molar-refractivity contribution in [3.8, 4) is 0 Å². The number of morpholine rings is 1. The molecular weight excluding hydrogens is 500 g/mol. The second-order valence-electron chi connectivity index (χ2n) is 13.0. The van der Waals surface area contributed by atoms with Gasteiger partial charge in [-0.25, -0.2) is 0 Å². The number of nitrogens with one attached hydrogen (secondary N) is 2. The summed E-state index contributed by atoms with van der Waals surface area (Å²) >= 11 is 0. The van der Waals surface area contributed by atoms with Crippen molar-refractivity contribution in [2.24, 2.45) is 11.3 Å². The van der Waals surface area contributed by atoms with Gasteiger partial charge < -0.3 is 24.8 Å². The van der Waals surface area contributed by atoms with Gasteiger partial charge in [-0.15, -0.1) is 0 Å². The predicted molar refractivity (Wildman–Crippen MR) is 160 cm³/mol. The summed E-state index contributed by atoms with van der Waals surface area (Å²) < 4.78 is 5.45. The summed E-state index contributed by atoms with van der Waals surface area (Å²) in [7, 11) is 0. The first kappa shape index (κ1) is 26.9. The van der Waals surface area contributed by atoms with Crippen LogP contribution in [0.5, 0.6) is 0 Å². The molecule has 2 heterocycles. The molecule has 1 aliphatic heterocycles. The maximum absolute atomic E-state index is 14.0. The van der Waals surface area contributed by atoms with E-state index in [0.29, 0.717) is 12.3 Å². The Labute approximate surface area is 237 Å². The van der Waals surface area contributed by atoms with Crippen LogP contribution in [0.15, 0.2) is 48.5 Å². The Balaban J connectivity index is 1.16. The van der Waals surface area contributed by atoms with Gasteiger partial charge in [-0.3, -0.25) is 9.59 Å². The van der Waals surface area contributed by atoms with Crippen molar-refractivity contribution in [1.82, 2.24) is 9.88 Å². The summed E-state index contributed by atoms with van der Waals surface area (Å²) in [6.07, 6.45) is 2.36. The fourth-order valence-corrected chi connectivity index (χ4v) is 6.96. The highest BCUT2D eigenvalue weighted by molar-refractivity contribution is 6.00. The van der Waals surface area contributed by atoms with Gasteiger partial charge in [-0.05, 0) is 86.8 Å². The number of aromatic amines is 1. The summed E-state index contributed by atoms with van der Waals surface area (Å²) in [4.78, 5) is 35.3. The number of rotatable bonds is 8. The van der Waals surface area contributed by atoms with Crippen LogP contribution in [-0.2, 0) is 14.3 Å². The average molecular weight is 543 g/mol. The minimum absolute atomic E-state index is 0.0231. The first-order chi connectivity index (χ1) is 19.1. The maximum atomic E-state index is 14.0. The minimum atomic E-state index is -0.952. The number of fused-ring (bicyclic) bond motifs is 1. The smallest absolute Gasteiger partial charge is 0.249 e. The highest BCUT2D eigenvalue weighted by Crippen LogP contribution is 2.67. The largest absolute Gasteiger partial charge is 0.378 e. The molecular formula is C33H42N4O3. The number of ether oxygens (including phenoxy) is 1. The topological polar surface area (TPSA) is 77.7 Å². The maximum Gasteiger partial charge on any atom is 0.249 e. The number of H-pyrrole nitrogens is 1. The van der Waals surface area contributed by atoms with E-state index in [-0.39, 0.29) is 29.2 Å². The van der Waals surface area contributed by atoms with Crippen molar-refractivity contribution in [3.05, 3.63) is 59.8 Å². The van der Waals surface area contributed by atoms with Crippen LogP contribution in [0.1, 0.15) is 64.1 Å². The second kappa shape index (κ2) is 9.95. The Morgan fingerprint density at radius 2 is 1.75 bits per heavy atom. The van der Waals surface area contributed by atoms with Crippen LogP contribution in [-0.4, -0.2) is 59.6 Å². The number of hydrogen-bond donors (Lipinski definition) is 2. The standard InChI is InChI=1S/C33H42N4O3/c1-21-29(25-8-6-7-9-27(25)34-21)30-26(32(30,2)3)20-28(38)37(24-14-15-24)33(4,5)31(39)35-22-10-12-23(13-11-22)36-16-18-40-19-17-36/h6-13,24,26,30,34H,14-20H2,1-5H3,(H,35,39)/t26-,30+/m1/s1. The van der Waals surface area contributed by atoms with E-state index < -0.39 is 5.54 Å². The fraction of sp³-hybridized carbons (Fsp3) is 0.515. The summed E-state index contributed by atoms with van der Waals surface area (Å²) in [5.41, 5.74) is 4.63. The number of carbonyl (C=O) groups is 2. The number of amides is 2. The summed E-state index contributed by atoms with van der Waals surface area (Å²) in [6.45, 7) is 13.7. The van der Waals surface area contributed by atoms with Gasteiger partial charge in [0.15, 0.2) is 0 Å². The zero-order valence-electron chi connectivity index (χ0n) is 24.4. The number of aromatic nitrogens is 1. The normalized spacial score (nSPS) is 22.3. The molecule has 3 aromatic rings. The molecule has 3 fully saturated rings. The fourth-order valence-electron chi connectivity index (χ4n) is 6.96. The number of carbonyl (C=O) groups excluding carboxylic acids is 2. The van der Waals surface area contributed by atoms with E-state index in [1.54, 1.807) is 0 Å². The molecule has 0 unspecified atom stereocenters. The molecule has 1 saturated heterocycles. The number of anilines is 2. The van der Waals surface area contributed by atoms with E-state index >= 15 is 0 Å². The van der Waals surface area contributed by atoms with E-state index in [0.717, 1.165) is 56.0 Å². The molecule has 2 aliphatic carbocycles. The van der Waals surface area contributed by atoms with Crippen molar-refractivity contribution in [2.45, 2.75) is 71.4 Å². The molecule has 2 saturated carbocycles. The third kappa shape index (κ3) is 4.78. The van der Waals surface area contributed by atoms with Crippen molar-refractivity contribution < 1.29 is 14.3 Å². The molecule has 6 rings (SSSR count). The van der Waals surface area contributed by atoms with Crippen LogP contribution in [0.3, 0.4) is 0 Å². The number of benzene rings is 2. The SMILES string of the molecule is Cc1[nH]c2ccccc2c1[C@@H]1[C@@H](CC(=O)N(C2CC2)C(C)(C)C(=O)Nc2ccc(N3CCOCC3)cc2)C1(C)C. The number of nitrogens with zero attached hydrogens (tertiary/aromatic N) is 2. The molecule has 2 amide bonds. The lowest BCUT2D eigenvalue weighted by Crippen LogP contribution is -2.56. The highest BCUT2D eigenvalue weighted by atomic mass is 16.5. The van der Waals surface area contributed by atoms with E-state index in [4.69, 9.17) is 4.74 Å². The highest BCUT2D eigenvalue weighted by Gasteiger charge is 2.60. The third-order valence-corrected chi connectivity index (χ3v) is 9.54. The molecule has 7 nitrogen and oxygen atoms in total. The third-order valence-electron chi connectivity index (χ3n) is 9.54. The molecule has 1 aromatic heterocycles. The molecule has 7 heteroatoms. The van der Waals surface area contributed by atoms with Crippen LogP contribution in [0.2, 0.25) is 0 Å². The first-order valence-corrected chi connectivity index (χ1v) is 14.7. The predicted octanol–water partition coefficient (Wildman–Crippen LogP) is 5.85. The number of para-hydroxylation sites is 1. The molecule has 40 heavy (non-hydrogen) atoms. The Morgan fingerprint density at radius 1 is 1.07 bits per heavy atom.